The highest BCUT2D eigenvalue weighted by atomic mass is 16.4. The third-order valence-corrected chi connectivity index (χ3v) is 3.05. The summed E-state index contributed by atoms with van der Waals surface area (Å²) in [6.45, 7) is 1.61. The van der Waals surface area contributed by atoms with Gasteiger partial charge in [0.1, 0.15) is 0 Å². The van der Waals surface area contributed by atoms with Gasteiger partial charge in [0.2, 0.25) is 5.65 Å². The Morgan fingerprint density at radius 3 is 3.31 bits per heavy atom. The van der Waals surface area contributed by atoms with Gasteiger partial charge in [0, 0.05) is 25.3 Å². The number of nitrogens with two attached hydrogens (primary N) is 1. The van der Waals surface area contributed by atoms with Gasteiger partial charge in [-0.1, -0.05) is 0 Å². The Balaban J connectivity index is 1.99. The van der Waals surface area contributed by atoms with E-state index >= 15 is 0 Å². The maximum Gasteiger partial charge on any atom is 0.300 e. The van der Waals surface area contributed by atoms with Crippen LogP contribution in [0, 0.1) is 0 Å². The van der Waals surface area contributed by atoms with Crippen LogP contribution < -0.4 is 10.6 Å². The normalized spacial score (nSPS) is 20.8. The second kappa shape index (κ2) is 3.75. The number of hydrogen-bond donors (Lipinski definition) is 1. The minimum absolute atomic E-state index is 0.355. The molecule has 0 spiro atoms. The van der Waals surface area contributed by atoms with E-state index in [1.165, 1.54) is 0 Å². The standard InChI is InChI=1S/C11H14N4O/c12-7-8-3-2-6-15(8)11-14-10-9(16-11)4-1-5-13-10/h1,4-5,8H,2-3,6-7,12H2. The van der Waals surface area contributed by atoms with E-state index in [1.54, 1.807) is 6.20 Å². The molecule has 1 atom stereocenters. The van der Waals surface area contributed by atoms with Gasteiger partial charge < -0.3 is 15.1 Å². The van der Waals surface area contributed by atoms with Crippen LogP contribution >= 0.6 is 0 Å². The van der Waals surface area contributed by atoms with Gasteiger partial charge >= 0.3 is 0 Å². The van der Waals surface area contributed by atoms with Crippen LogP contribution in [0.3, 0.4) is 0 Å². The Kier molecular flexibility index (Phi) is 2.25. The second-order valence-corrected chi connectivity index (χ2v) is 4.05. The maximum atomic E-state index is 5.73. The average molecular weight is 218 g/mol. The van der Waals surface area contributed by atoms with Crippen molar-refractivity contribution in [3.05, 3.63) is 18.3 Å². The van der Waals surface area contributed by atoms with Crippen molar-refractivity contribution in [3.63, 3.8) is 0 Å². The zero-order valence-corrected chi connectivity index (χ0v) is 8.97. The van der Waals surface area contributed by atoms with E-state index in [4.69, 9.17) is 10.2 Å². The zero-order valence-electron chi connectivity index (χ0n) is 8.97. The lowest BCUT2D eigenvalue weighted by Gasteiger charge is -2.20. The topological polar surface area (TPSA) is 68.2 Å². The van der Waals surface area contributed by atoms with Crippen LogP contribution in [-0.2, 0) is 0 Å². The van der Waals surface area contributed by atoms with Crippen LogP contribution in [0.15, 0.2) is 22.7 Å². The largest absolute Gasteiger partial charge is 0.422 e. The number of nitrogens with zero attached hydrogens (tertiary/aromatic N) is 3. The SMILES string of the molecule is NCC1CCCN1c1nc2ncccc2o1. The number of rotatable bonds is 2. The van der Waals surface area contributed by atoms with Gasteiger partial charge in [0.15, 0.2) is 5.58 Å². The molecule has 16 heavy (non-hydrogen) atoms. The summed E-state index contributed by atoms with van der Waals surface area (Å²) in [6, 6.07) is 4.74. The third kappa shape index (κ3) is 1.44. The lowest BCUT2D eigenvalue weighted by atomic mass is 10.2. The molecule has 1 aliphatic heterocycles. The van der Waals surface area contributed by atoms with Crippen LogP contribution in [0.4, 0.5) is 6.01 Å². The summed E-state index contributed by atoms with van der Waals surface area (Å²) in [5.41, 5.74) is 7.13. The minimum atomic E-state index is 0.355. The van der Waals surface area contributed by atoms with Crippen LogP contribution in [0.5, 0.6) is 0 Å². The van der Waals surface area contributed by atoms with Gasteiger partial charge in [0.05, 0.1) is 0 Å². The van der Waals surface area contributed by atoms with E-state index in [2.05, 4.69) is 14.9 Å². The van der Waals surface area contributed by atoms with E-state index in [-0.39, 0.29) is 0 Å². The Morgan fingerprint density at radius 2 is 2.50 bits per heavy atom. The van der Waals surface area contributed by atoms with E-state index in [1.807, 2.05) is 12.1 Å². The predicted molar refractivity (Wildman–Crippen MR) is 61.2 cm³/mol. The number of aromatic nitrogens is 2. The highest BCUT2D eigenvalue weighted by molar-refractivity contribution is 5.69. The smallest absolute Gasteiger partial charge is 0.300 e. The lowest BCUT2D eigenvalue weighted by molar-refractivity contribution is 0.551. The molecule has 2 aromatic rings. The van der Waals surface area contributed by atoms with Crippen molar-refractivity contribution >= 4 is 17.2 Å². The van der Waals surface area contributed by atoms with E-state index in [9.17, 15) is 0 Å². The molecule has 5 heteroatoms. The third-order valence-electron chi connectivity index (χ3n) is 3.05. The number of hydrogen-bond acceptors (Lipinski definition) is 5. The van der Waals surface area contributed by atoms with Crippen molar-refractivity contribution in [2.45, 2.75) is 18.9 Å². The summed E-state index contributed by atoms with van der Waals surface area (Å²) >= 11 is 0. The van der Waals surface area contributed by atoms with Crippen LogP contribution in [-0.4, -0.2) is 29.1 Å². The molecule has 0 radical (unpaired) electrons. The number of fused-ring (bicyclic) bond motifs is 1. The fourth-order valence-corrected chi connectivity index (χ4v) is 2.21. The highest BCUT2D eigenvalue weighted by Crippen LogP contribution is 2.26. The minimum Gasteiger partial charge on any atom is -0.422 e. The number of anilines is 1. The molecule has 1 saturated heterocycles. The van der Waals surface area contributed by atoms with Gasteiger partial charge in [-0.05, 0) is 25.0 Å². The van der Waals surface area contributed by atoms with E-state index in [0.29, 0.717) is 24.2 Å². The average Bonchev–Trinajstić information content (AvgIpc) is 2.94. The maximum absolute atomic E-state index is 5.73. The zero-order chi connectivity index (χ0) is 11.0. The Morgan fingerprint density at radius 1 is 1.56 bits per heavy atom. The first-order chi connectivity index (χ1) is 7.88. The molecule has 1 unspecified atom stereocenters. The molecule has 0 saturated carbocycles. The first-order valence-electron chi connectivity index (χ1n) is 5.57. The van der Waals surface area contributed by atoms with Gasteiger partial charge in [-0.15, -0.1) is 0 Å². The molecule has 3 rings (SSSR count). The lowest BCUT2D eigenvalue weighted by Crippen LogP contribution is -2.35. The van der Waals surface area contributed by atoms with Crippen molar-refractivity contribution in [3.8, 4) is 0 Å². The van der Waals surface area contributed by atoms with Crippen LogP contribution in [0.25, 0.3) is 11.2 Å². The molecule has 0 bridgehead atoms. The van der Waals surface area contributed by atoms with Gasteiger partial charge in [-0.25, -0.2) is 4.98 Å². The quantitative estimate of drug-likeness (QED) is 0.819. The summed E-state index contributed by atoms with van der Waals surface area (Å²) in [7, 11) is 0. The summed E-state index contributed by atoms with van der Waals surface area (Å²) in [6.07, 6.45) is 3.98. The van der Waals surface area contributed by atoms with Crippen molar-refractivity contribution in [1.29, 1.82) is 0 Å². The molecule has 0 aromatic carbocycles. The molecule has 3 heterocycles. The molecule has 0 aliphatic carbocycles. The first kappa shape index (κ1) is 9.59. The monoisotopic (exact) mass is 218 g/mol. The molecule has 1 aliphatic rings. The molecular formula is C11H14N4O. The molecule has 1 fully saturated rings. The fourth-order valence-electron chi connectivity index (χ4n) is 2.21. The van der Waals surface area contributed by atoms with Crippen molar-refractivity contribution in [1.82, 2.24) is 9.97 Å². The Bertz CT molecular complexity index is 462. The summed E-state index contributed by atoms with van der Waals surface area (Å²) in [5.74, 6) is 0. The summed E-state index contributed by atoms with van der Waals surface area (Å²) in [5, 5.41) is 0. The van der Waals surface area contributed by atoms with E-state index < -0.39 is 0 Å². The van der Waals surface area contributed by atoms with Crippen molar-refractivity contribution in [2.75, 3.05) is 18.0 Å². The second-order valence-electron chi connectivity index (χ2n) is 4.05. The summed E-state index contributed by atoms with van der Waals surface area (Å²) < 4.78 is 5.68. The highest BCUT2D eigenvalue weighted by Gasteiger charge is 2.27. The number of pyridine rings is 1. The Hall–Kier alpha value is -1.62. The first-order valence-corrected chi connectivity index (χ1v) is 5.57. The van der Waals surface area contributed by atoms with Gasteiger partial charge in [-0.3, -0.25) is 0 Å². The van der Waals surface area contributed by atoms with Gasteiger partial charge in [0.25, 0.3) is 6.01 Å². The van der Waals surface area contributed by atoms with E-state index in [0.717, 1.165) is 25.0 Å². The molecule has 84 valence electrons. The molecule has 2 aromatic heterocycles. The van der Waals surface area contributed by atoms with Crippen molar-refractivity contribution < 1.29 is 4.42 Å². The van der Waals surface area contributed by atoms with Gasteiger partial charge in [-0.2, -0.15) is 4.98 Å². The molecule has 5 nitrogen and oxygen atoms in total. The van der Waals surface area contributed by atoms with Crippen LogP contribution in [0.1, 0.15) is 12.8 Å². The number of oxazole rings is 1. The molecule has 2 N–H and O–H groups in total. The predicted octanol–water partition coefficient (Wildman–Crippen LogP) is 1.15. The molecular weight excluding hydrogens is 204 g/mol. The van der Waals surface area contributed by atoms with Crippen molar-refractivity contribution in [2.24, 2.45) is 5.73 Å². The fraction of sp³-hybridized carbons (Fsp3) is 0.455. The van der Waals surface area contributed by atoms with Crippen LogP contribution in [0.2, 0.25) is 0 Å². The molecule has 0 amide bonds. The summed E-state index contributed by atoms with van der Waals surface area (Å²) in [4.78, 5) is 10.7. The Labute approximate surface area is 93.3 Å².